The molecule has 0 unspecified atom stereocenters. The smallest absolute Gasteiger partial charge is 0.263 e. The van der Waals surface area contributed by atoms with Crippen molar-refractivity contribution < 1.29 is 4.79 Å². The number of hydrogen-bond acceptors (Lipinski definition) is 6. The Kier molecular flexibility index (Phi) is 5.92. The molecule has 1 saturated heterocycles. The Morgan fingerprint density at radius 2 is 1.93 bits per heavy atom. The van der Waals surface area contributed by atoms with E-state index in [0.717, 1.165) is 31.7 Å². The van der Waals surface area contributed by atoms with Crippen molar-refractivity contribution in [1.29, 1.82) is 0 Å². The van der Waals surface area contributed by atoms with Crippen molar-refractivity contribution in [2.75, 3.05) is 31.9 Å². The third kappa shape index (κ3) is 3.75. The summed E-state index contributed by atoms with van der Waals surface area (Å²) in [4.78, 5) is 29.9. The molecule has 4 rings (SSSR count). The number of thioether (sulfide) groups is 1. The molecule has 30 heavy (non-hydrogen) atoms. The molecule has 0 radical (unpaired) electrons. The van der Waals surface area contributed by atoms with Gasteiger partial charge in [-0.25, -0.2) is 0 Å². The quantitative estimate of drug-likeness (QED) is 0.443. The van der Waals surface area contributed by atoms with Gasteiger partial charge in [0.15, 0.2) is 5.16 Å². The largest absolute Gasteiger partial charge is 0.339 e. The molecule has 0 aliphatic carbocycles. The summed E-state index contributed by atoms with van der Waals surface area (Å²) in [5, 5.41) is 9.72. The third-order valence-corrected chi connectivity index (χ3v) is 6.43. The molecule has 1 aromatic carbocycles. The van der Waals surface area contributed by atoms with Crippen LogP contribution in [0.1, 0.15) is 13.8 Å². The maximum absolute atomic E-state index is 12.9. The number of carbonyl (C=O) groups excluding carboxylic acids is 1. The minimum atomic E-state index is -0.124. The summed E-state index contributed by atoms with van der Waals surface area (Å²) in [5.74, 6) is 0.847. The SMILES string of the molecule is C=CCn1c(=O)c2ccccc2n2c(SCC(=O)N3CCN(C(C)C)CC3)nnc12. The molecule has 0 spiro atoms. The van der Waals surface area contributed by atoms with Crippen molar-refractivity contribution in [2.24, 2.45) is 0 Å². The van der Waals surface area contributed by atoms with Crippen LogP contribution in [0, 0.1) is 0 Å². The van der Waals surface area contributed by atoms with Gasteiger partial charge in [-0.15, -0.1) is 16.8 Å². The van der Waals surface area contributed by atoms with Gasteiger partial charge in [0, 0.05) is 38.8 Å². The summed E-state index contributed by atoms with van der Waals surface area (Å²) in [5.41, 5.74) is 0.615. The van der Waals surface area contributed by atoms with E-state index in [4.69, 9.17) is 0 Å². The van der Waals surface area contributed by atoms with Crippen LogP contribution in [0.5, 0.6) is 0 Å². The number of aromatic nitrogens is 4. The van der Waals surface area contributed by atoms with Gasteiger partial charge in [0.25, 0.3) is 5.56 Å². The molecule has 158 valence electrons. The van der Waals surface area contributed by atoms with E-state index in [2.05, 4.69) is 35.5 Å². The predicted molar refractivity (Wildman–Crippen MR) is 119 cm³/mol. The average molecular weight is 427 g/mol. The van der Waals surface area contributed by atoms with Crippen molar-refractivity contribution in [3.8, 4) is 0 Å². The van der Waals surface area contributed by atoms with E-state index in [-0.39, 0.29) is 17.2 Å². The van der Waals surface area contributed by atoms with E-state index in [9.17, 15) is 9.59 Å². The lowest BCUT2D eigenvalue weighted by Crippen LogP contribution is -2.51. The highest BCUT2D eigenvalue weighted by molar-refractivity contribution is 7.99. The first-order valence-electron chi connectivity index (χ1n) is 10.1. The van der Waals surface area contributed by atoms with Crippen molar-refractivity contribution >= 4 is 34.3 Å². The molecule has 0 saturated carbocycles. The molecule has 0 bridgehead atoms. The minimum absolute atomic E-state index is 0.101. The van der Waals surface area contributed by atoms with Gasteiger partial charge in [-0.3, -0.25) is 23.5 Å². The Hall–Kier alpha value is -2.65. The fraction of sp³-hybridized carbons (Fsp3) is 0.429. The third-order valence-electron chi connectivity index (χ3n) is 5.51. The molecule has 9 heteroatoms. The second kappa shape index (κ2) is 8.61. The molecule has 1 amide bonds. The van der Waals surface area contributed by atoms with Crippen LogP contribution in [-0.4, -0.2) is 72.8 Å². The van der Waals surface area contributed by atoms with Crippen molar-refractivity contribution in [1.82, 2.24) is 29.0 Å². The summed E-state index contributed by atoms with van der Waals surface area (Å²) in [6, 6.07) is 7.89. The number of carbonyl (C=O) groups is 1. The highest BCUT2D eigenvalue weighted by atomic mass is 32.2. The molecule has 3 heterocycles. The van der Waals surface area contributed by atoms with E-state index in [1.165, 1.54) is 11.8 Å². The topological polar surface area (TPSA) is 75.7 Å². The lowest BCUT2D eigenvalue weighted by Gasteiger charge is -2.36. The van der Waals surface area contributed by atoms with Crippen LogP contribution in [0.25, 0.3) is 16.7 Å². The van der Waals surface area contributed by atoms with E-state index in [1.807, 2.05) is 27.5 Å². The van der Waals surface area contributed by atoms with Gasteiger partial charge in [-0.2, -0.15) is 0 Å². The Morgan fingerprint density at radius 1 is 1.20 bits per heavy atom. The number of hydrogen-bond donors (Lipinski definition) is 0. The number of fused-ring (bicyclic) bond motifs is 3. The molecule has 0 N–H and O–H groups in total. The lowest BCUT2D eigenvalue weighted by atomic mass is 10.2. The molecular weight excluding hydrogens is 400 g/mol. The number of rotatable bonds is 6. The first-order valence-corrected chi connectivity index (χ1v) is 11.1. The summed E-state index contributed by atoms with van der Waals surface area (Å²) in [6.45, 7) is 11.8. The van der Waals surface area contributed by atoms with E-state index >= 15 is 0 Å². The number of amides is 1. The lowest BCUT2D eigenvalue weighted by molar-refractivity contribution is -0.130. The molecule has 3 aromatic rings. The van der Waals surface area contributed by atoms with Gasteiger partial charge in [0.1, 0.15) is 0 Å². The number of benzene rings is 1. The summed E-state index contributed by atoms with van der Waals surface area (Å²) < 4.78 is 3.41. The molecular formula is C21H26N6O2S. The van der Waals surface area contributed by atoms with Gasteiger partial charge < -0.3 is 4.90 Å². The monoisotopic (exact) mass is 426 g/mol. The fourth-order valence-electron chi connectivity index (χ4n) is 3.83. The van der Waals surface area contributed by atoms with Crippen molar-refractivity contribution in [3.05, 3.63) is 47.3 Å². The number of piperazine rings is 1. The van der Waals surface area contributed by atoms with Crippen LogP contribution in [0.2, 0.25) is 0 Å². The van der Waals surface area contributed by atoms with Crippen LogP contribution in [0.3, 0.4) is 0 Å². The maximum Gasteiger partial charge on any atom is 0.263 e. The summed E-state index contributed by atoms with van der Waals surface area (Å²) in [7, 11) is 0. The van der Waals surface area contributed by atoms with Crippen LogP contribution in [0.15, 0.2) is 46.9 Å². The van der Waals surface area contributed by atoms with E-state index < -0.39 is 0 Å². The van der Waals surface area contributed by atoms with Gasteiger partial charge >= 0.3 is 0 Å². The van der Waals surface area contributed by atoms with Crippen LogP contribution >= 0.6 is 11.8 Å². The number of allylic oxidation sites excluding steroid dienone is 1. The molecule has 1 aliphatic heterocycles. The summed E-state index contributed by atoms with van der Waals surface area (Å²) in [6.07, 6.45) is 1.66. The zero-order valence-corrected chi connectivity index (χ0v) is 18.1. The van der Waals surface area contributed by atoms with E-state index in [1.54, 1.807) is 16.7 Å². The maximum atomic E-state index is 12.9. The first-order chi connectivity index (χ1) is 14.5. The van der Waals surface area contributed by atoms with Gasteiger partial charge in [-0.1, -0.05) is 30.0 Å². The molecule has 0 atom stereocenters. The average Bonchev–Trinajstić information content (AvgIpc) is 3.19. The second-order valence-corrected chi connectivity index (χ2v) is 8.58. The van der Waals surface area contributed by atoms with Crippen molar-refractivity contribution in [3.63, 3.8) is 0 Å². The second-order valence-electron chi connectivity index (χ2n) is 7.64. The molecule has 1 aliphatic rings. The van der Waals surface area contributed by atoms with Crippen molar-refractivity contribution in [2.45, 2.75) is 31.6 Å². The fourth-order valence-corrected chi connectivity index (χ4v) is 4.67. The highest BCUT2D eigenvalue weighted by Gasteiger charge is 2.23. The van der Waals surface area contributed by atoms with Crippen LogP contribution < -0.4 is 5.56 Å². The normalized spacial score (nSPS) is 15.4. The van der Waals surface area contributed by atoms with Gasteiger partial charge in [-0.05, 0) is 26.0 Å². The van der Waals surface area contributed by atoms with E-state index in [0.29, 0.717) is 28.9 Å². The predicted octanol–water partition coefficient (Wildman–Crippen LogP) is 1.87. The minimum Gasteiger partial charge on any atom is -0.339 e. The van der Waals surface area contributed by atoms with Crippen LogP contribution in [-0.2, 0) is 11.3 Å². The standard InChI is InChI=1S/C21H26N6O2S/c1-4-9-26-19(29)16-7-5-6-8-17(16)27-20(26)22-23-21(27)30-14-18(28)25-12-10-24(11-13-25)15(2)3/h4-8,15H,1,9-14H2,2-3H3. The zero-order chi connectivity index (χ0) is 21.3. The number of para-hydroxylation sites is 1. The number of nitrogens with zero attached hydrogens (tertiary/aromatic N) is 6. The Morgan fingerprint density at radius 3 is 2.63 bits per heavy atom. The molecule has 1 fully saturated rings. The zero-order valence-electron chi connectivity index (χ0n) is 17.3. The Labute approximate surface area is 179 Å². The molecule has 2 aromatic heterocycles. The summed E-state index contributed by atoms with van der Waals surface area (Å²) >= 11 is 1.36. The van der Waals surface area contributed by atoms with Crippen LogP contribution in [0.4, 0.5) is 0 Å². The Balaban J connectivity index is 1.59. The molecule has 8 nitrogen and oxygen atoms in total. The van der Waals surface area contributed by atoms with Gasteiger partial charge in [0.2, 0.25) is 11.7 Å². The first kappa shape index (κ1) is 20.6. The Bertz CT molecular complexity index is 1140. The highest BCUT2D eigenvalue weighted by Crippen LogP contribution is 2.22. The van der Waals surface area contributed by atoms with Gasteiger partial charge in [0.05, 0.1) is 16.7 Å².